The van der Waals surface area contributed by atoms with Crippen LogP contribution in [-0.4, -0.2) is 56.4 Å². The number of hydrogen-bond donors (Lipinski definition) is 1. The van der Waals surface area contributed by atoms with Gasteiger partial charge in [-0.05, 0) is 80.8 Å². The van der Waals surface area contributed by atoms with Crippen molar-refractivity contribution in [3.8, 4) is 0 Å². The van der Waals surface area contributed by atoms with E-state index in [4.69, 9.17) is 15.2 Å². The second kappa shape index (κ2) is 15.0. The third-order valence-electron chi connectivity index (χ3n) is 4.23. The molecule has 0 aromatic carbocycles. The van der Waals surface area contributed by atoms with Gasteiger partial charge in [0.1, 0.15) is 14.9 Å². The number of nitrogens with two attached hydrogens (primary N) is 1. The predicted octanol–water partition coefficient (Wildman–Crippen LogP) is 4.01. The topological polar surface area (TPSA) is 114 Å². The van der Waals surface area contributed by atoms with Crippen molar-refractivity contribution in [2.45, 2.75) is 25.7 Å². The maximum atomic E-state index is 13.3. The molecule has 0 saturated carbocycles. The Bertz CT molecular complexity index is 964. The molecule has 0 radical (unpaired) electrons. The minimum atomic E-state index is -0.659. The van der Waals surface area contributed by atoms with Gasteiger partial charge in [0, 0.05) is 27.4 Å². The lowest BCUT2D eigenvalue weighted by Gasteiger charge is -2.08. The highest BCUT2D eigenvalue weighted by molar-refractivity contribution is 9.10. The molecular weight excluding hydrogens is 572 g/mol. The zero-order chi connectivity index (χ0) is 25.0. The maximum absolute atomic E-state index is 13.3. The molecule has 12 heteroatoms. The second-order valence-electron chi connectivity index (χ2n) is 6.59. The van der Waals surface area contributed by atoms with E-state index in [2.05, 4.69) is 46.6 Å². The van der Waals surface area contributed by atoms with Crippen LogP contribution in [0.1, 0.15) is 44.9 Å². The molecule has 0 atom stereocenters. The molecule has 2 rings (SSSR count). The number of esters is 1. The normalized spacial score (nSPS) is 10.4. The Morgan fingerprint density at radius 3 is 1.70 bits per heavy atom. The molecule has 33 heavy (non-hydrogen) atoms. The molecule has 0 bridgehead atoms. The average Bonchev–Trinajstić information content (AvgIpc) is 2.78. The standard InChI is InChI=1S/C11H13BrFNO3.C10H12BrFN2O2/c1-16-5-3-4-7-6-8(13)10(12)14-9(7)11(15)17-2;1-16-4-2-3-6-5-7(12)9(11)14-8(6)10(13)15/h6H,3-5H2,1-2H3;5H,2-4H2,1H3,(H2,13,15). The molecule has 0 aliphatic heterocycles. The lowest BCUT2D eigenvalue weighted by molar-refractivity contribution is 0.0591. The highest BCUT2D eigenvalue weighted by Crippen LogP contribution is 2.19. The monoisotopic (exact) mass is 595 g/mol. The van der Waals surface area contributed by atoms with Crippen LogP contribution in [0.3, 0.4) is 0 Å². The van der Waals surface area contributed by atoms with Gasteiger partial charge in [-0.15, -0.1) is 0 Å². The van der Waals surface area contributed by atoms with Gasteiger partial charge in [0.2, 0.25) is 0 Å². The van der Waals surface area contributed by atoms with Crippen LogP contribution in [-0.2, 0) is 27.1 Å². The zero-order valence-electron chi connectivity index (χ0n) is 18.4. The number of primary amides is 1. The molecule has 0 aliphatic carbocycles. The van der Waals surface area contributed by atoms with E-state index in [1.165, 1.54) is 19.2 Å². The summed E-state index contributed by atoms with van der Waals surface area (Å²) in [5.74, 6) is -2.23. The van der Waals surface area contributed by atoms with Crippen LogP contribution in [0.4, 0.5) is 8.78 Å². The van der Waals surface area contributed by atoms with Gasteiger partial charge in [0.25, 0.3) is 5.91 Å². The number of aryl methyl sites for hydroxylation is 2. The van der Waals surface area contributed by atoms with E-state index in [9.17, 15) is 18.4 Å². The van der Waals surface area contributed by atoms with Crippen molar-refractivity contribution < 1.29 is 32.6 Å². The lowest BCUT2D eigenvalue weighted by atomic mass is 10.1. The molecule has 0 spiro atoms. The van der Waals surface area contributed by atoms with Crippen molar-refractivity contribution in [1.29, 1.82) is 0 Å². The summed E-state index contributed by atoms with van der Waals surface area (Å²) in [7, 11) is 4.43. The highest BCUT2D eigenvalue weighted by atomic mass is 79.9. The number of amides is 1. The molecule has 0 aliphatic rings. The minimum absolute atomic E-state index is 0.00297. The van der Waals surface area contributed by atoms with Crippen molar-refractivity contribution >= 4 is 43.7 Å². The minimum Gasteiger partial charge on any atom is -0.464 e. The van der Waals surface area contributed by atoms with Gasteiger partial charge in [0.05, 0.1) is 7.11 Å². The average molecular weight is 597 g/mol. The van der Waals surface area contributed by atoms with E-state index in [-0.39, 0.29) is 20.6 Å². The number of methoxy groups -OCH3 is 3. The largest absolute Gasteiger partial charge is 0.464 e. The van der Waals surface area contributed by atoms with Crippen molar-refractivity contribution in [3.05, 3.63) is 55.5 Å². The summed E-state index contributed by atoms with van der Waals surface area (Å²) in [5, 5.41) is 0. The van der Waals surface area contributed by atoms with Crippen molar-refractivity contribution in [2.75, 3.05) is 34.5 Å². The second-order valence-corrected chi connectivity index (χ2v) is 8.09. The van der Waals surface area contributed by atoms with Gasteiger partial charge in [-0.2, -0.15) is 0 Å². The molecule has 2 aromatic heterocycles. The number of hydrogen-bond acceptors (Lipinski definition) is 7. The van der Waals surface area contributed by atoms with E-state index >= 15 is 0 Å². The van der Waals surface area contributed by atoms with Crippen LogP contribution in [0.25, 0.3) is 0 Å². The number of pyridine rings is 2. The Hall–Kier alpha value is -2.02. The summed E-state index contributed by atoms with van der Waals surface area (Å²) in [6, 6.07) is 2.56. The SMILES string of the molecule is COCCCc1cc(F)c(Br)nc1C(=O)OC.COCCCc1cc(F)c(Br)nc1C(N)=O. The molecule has 182 valence electrons. The number of halogens is 4. The highest BCUT2D eigenvalue weighted by Gasteiger charge is 2.17. The van der Waals surface area contributed by atoms with Crippen molar-refractivity contribution in [3.63, 3.8) is 0 Å². The van der Waals surface area contributed by atoms with Gasteiger partial charge in [-0.1, -0.05) is 0 Å². The van der Waals surface area contributed by atoms with Gasteiger partial charge >= 0.3 is 5.97 Å². The van der Waals surface area contributed by atoms with E-state index in [1.807, 2.05) is 0 Å². The fourth-order valence-electron chi connectivity index (χ4n) is 2.69. The Labute approximate surface area is 207 Å². The first kappa shape index (κ1) is 29.0. The maximum Gasteiger partial charge on any atom is 0.356 e. The fraction of sp³-hybridized carbons (Fsp3) is 0.429. The summed E-state index contributed by atoms with van der Waals surface area (Å²) < 4.78 is 41.0. The number of carbonyl (C=O) groups is 2. The Morgan fingerprint density at radius 2 is 1.30 bits per heavy atom. The molecule has 0 unspecified atom stereocenters. The van der Waals surface area contributed by atoms with Crippen LogP contribution < -0.4 is 5.73 Å². The van der Waals surface area contributed by atoms with Gasteiger partial charge < -0.3 is 19.9 Å². The summed E-state index contributed by atoms with van der Waals surface area (Å²) in [6.45, 7) is 1.08. The molecule has 0 saturated heterocycles. The number of nitrogens with zero attached hydrogens (tertiary/aromatic N) is 2. The van der Waals surface area contributed by atoms with Crippen molar-refractivity contribution in [1.82, 2.24) is 9.97 Å². The van der Waals surface area contributed by atoms with E-state index in [1.54, 1.807) is 14.2 Å². The molecule has 2 heterocycles. The van der Waals surface area contributed by atoms with Crippen LogP contribution in [0.15, 0.2) is 21.3 Å². The fourth-order valence-corrected chi connectivity index (χ4v) is 3.27. The van der Waals surface area contributed by atoms with E-state index in [0.29, 0.717) is 50.0 Å². The van der Waals surface area contributed by atoms with Crippen LogP contribution in [0, 0.1) is 11.6 Å². The first-order valence-electron chi connectivity index (χ1n) is 9.72. The smallest absolute Gasteiger partial charge is 0.356 e. The van der Waals surface area contributed by atoms with Crippen LogP contribution in [0.5, 0.6) is 0 Å². The van der Waals surface area contributed by atoms with Gasteiger partial charge in [-0.25, -0.2) is 23.5 Å². The third-order valence-corrected chi connectivity index (χ3v) is 5.34. The predicted molar refractivity (Wildman–Crippen MR) is 124 cm³/mol. The third kappa shape index (κ3) is 9.40. The summed E-state index contributed by atoms with van der Waals surface area (Å²) in [4.78, 5) is 30.2. The molecule has 1 amide bonds. The molecule has 8 nitrogen and oxygen atoms in total. The van der Waals surface area contributed by atoms with Crippen molar-refractivity contribution in [2.24, 2.45) is 5.73 Å². The molecule has 0 fully saturated rings. The number of rotatable bonds is 10. The number of carbonyl (C=O) groups excluding carboxylic acids is 2. The first-order chi connectivity index (χ1) is 15.7. The Balaban J connectivity index is 0.000000331. The Morgan fingerprint density at radius 1 is 0.879 bits per heavy atom. The molecule has 2 N–H and O–H groups in total. The van der Waals surface area contributed by atoms with E-state index < -0.39 is 23.5 Å². The van der Waals surface area contributed by atoms with Crippen LogP contribution >= 0.6 is 31.9 Å². The quantitative estimate of drug-likeness (QED) is 0.250. The van der Waals surface area contributed by atoms with Crippen LogP contribution in [0.2, 0.25) is 0 Å². The summed E-state index contributed by atoms with van der Waals surface area (Å²) in [5.41, 5.74) is 6.43. The Kier molecular flexibility index (Phi) is 13.2. The van der Waals surface area contributed by atoms with E-state index in [0.717, 1.165) is 0 Å². The zero-order valence-corrected chi connectivity index (χ0v) is 21.6. The van der Waals surface area contributed by atoms with Gasteiger partial charge in [0.15, 0.2) is 17.3 Å². The lowest BCUT2D eigenvalue weighted by Crippen LogP contribution is -2.17. The van der Waals surface area contributed by atoms with Gasteiger partial charge in [-0.3, -0.25) is 4.79 Å². The molecule has 2 aromatic rings. The molecular formula is C21H25Br2F2N3O5. The first-order valence-corrected chi connectivity index (χ1v) is 11.3. The summed E-state index contributed by atoms with van der Waals surface area (Å²) in [6.07, 6.45) is 2.38. The number of ether oxygens (including phenoxy) is 3. The number of aromatic nitrogens is 2. The summed E-state index contributed by atoms with van der Waals surface area (Å²) >= 11 is 5.85.